The predicted octanol–water partition coefficient (Wildman–Crippen LogP) is -1.17. The first kappa shape index (κ1) is 13.8. The lowest BCUT2D eigenvalue weighted by molar-refractivity contribution is -0.141. The first-order chi connectivity index (χ1) is 8.93. The van der Waals surface area contributed by atoms with Gasteiger partial charge in [0.2, 0.25) is 0 Å². The van der Waals surface area contributed by atoms with Gasteiger partial charge in [-0.2, -0.15) is 4.31 Å². The number of carboxylic acids is 1. The third-order valence-electron chi connectivity index (χ3n) is 2.79. The van der Waals surface area contributed by atoms with Crippen molar-refractivity contribution in [3.63, 3.8) is 0 Å². The molecule has 0 radical (unpaired) electrons. The molecule has 0 aromatic carbocycles. The molecule has 1 saturated heterocycles. The molecule has 1 aliphatic heterocycles. The highest BCUT2D eigenvalue weighted by molar-refractivity contribution is 7.89. The van der Waals surface area contributed by atoms with Gasteiger partial charge in [-0.05, 0) is 13.0 Å². The number of nitrogens with one attached hydrogen (secondary N) is 1. The second-order valence-electron chi connectivity index (χ2n) is 4.15. The fourth-order valence-electron chi connectivity index (χ4n) is 1.84. The van der Waals surface area contributed by atoms with Gasteiger partial charge < -0.3 is 10.4 Å². The molecule has 1 aliphatic rings. The molecule has 0 bridgehead atoms. The van der Waals surface area contributed by atoms with Crippen molar-refractivity contribution in [2.24, 2.45) is 0 Å². The minimum Gasteiger partial charge on any atom is -0.480 e. The molecule has 1 fully saturated rings. The highest BCUT2D eigenvalue weighted by Gasteiger charge is 2.39. The van der Waals surface area contributed by atoms with Crippen molar-refractivity contribution < 1.29 is 18.3 Å². The standard InChI is InChI=1S/C10H14N4O4S/c1-7-2-3-12-10(13-7)19(17,18)14-5-4-11-6-8(14)9(15)16/h2-3,8,11H,4-6H2,1H3,(H,15,16)/t8-/m1/s1. The van der Waals surface area contributed by atoms with Gasteiger partial charge in [-0.3, -0.25) is 4.79 Å². The number of hydrogen-bond acceptors (Lipinski definition) is 6. The summed E-state index contributed by atoms with van der Waals surface area (Å²) in [4.78, 5) is 18.7. The lowest BCUT2D eigenvalue weighted by Gasteiger charge is -2.31. The Morgan fingerprint density at radius 1 is 1.58 bits per heavy atom. The Morgan fingerprint density at radius 3 is 2.95 bits per heavy atom. The maximum atomic E-state index is 12.4. The van der Waals surface area contributed by atoms with Crippen LogP contribution < -0.4 is 5.32 Å². The van der Waals surface area contributed by atoms with Gasteiger partial charge in [0.1, 0.15) is 6.04 Å². The van der Waals surface area contributed by atoms with Gasteiger partial charge in [-0.15, -0.1) is 0 Å². The summed E-state index contributed by atoms with van der Waals surface area (Å²) in [7, 11) is -3.99. The first-order valence-electron chi connectivity index (χ1n) is 5.68. The zero-order valence-corrected chi connectivity index (χ0v) is 11.1. The van der Waals surface area contributed by atoms with Crippen molar-refractivity contribution in [1.29, 1.82) is 0 Å². The number of aryl methyl sites for hydroxylation is 1. The van der Waals surface area contributed by atoms with Gasteiger partial charge in [-0.1, -0.05) is 0 Å². The van der Waals surface area contributed by atoms with Crippen molar-refractivity contribution in [2.75, 3.05) is 19.6 Å². The number of piperazine rings is 1. The largest absolute Gasteiger partial charge is 0.480 e. The van der Waals surface area contributed by atoms with Crippen molar-refractivity contribution in [2.45, 2.75) is 18.1 Å². The number of sulfonamides is 1. The Kier molecular flexibility index (Phi) is 3.78. The van der Waals surface area contributed by atoms with E-state index in [-0.39, 0.29) is 18.2 Å². The molecule has 0 unspecified atom stereocenters. The molecule has 9 heteroatoms. The number of aromatic nitrogens is 2. The van der Waals surface area contributed by atoms with Crippen LogP contribution in [0.1, 0.15) is 5.69 Å². The average Bonchev–Trinajstić information content (AvgIpc) is 2.38. The van der Waals surface area contributed by atoms with E-state index in [1.54, 1.807) is 13.0 Å². The summed E-state index contributed by atoms with van der Waals surface area (Å²) in [6, 6.07) is 0.439. The summed E-state index contributed by atoms with van der Waals surface area (Å²) < 4.78 is 25.7. The van der Waals surface area contributed by atoms with E-state index in [2.05, 4.69) is 15.3 Å². The quantitative estimate of drug-likeness (QED) is 0.673. The zero-order chi connectivity index (χ0) is 14.0. The Labute approximate surface area is 110 Å². The van der Waals surface area contributed by atoms with E-state index in [9.17, 15) is 13.2 Å². The molecular weight excluding hydrogens is 272 g/mol. The van der Waals surface area contributed by atoms with Crippen molar-refractivity contribution >= 4 is 16.0 Å². The van der Waals surface area contributed by atoms with E-state index in [4.69, 9.17) is 5.11 Å². The molecule has 104 valence electrons. The molecule has 2 heterocycles. The maximum absolute atomic E-state index is 12.4. The Bertz CT molecular complexity index is 589. The van der Waals surface area contributed by atoms with Crippen molar-refractivity contribution in [3.05, 3.63) is 18.0 Å². The molecule has 0 spiro atoms. The van der Waals surface area contributed by atoms with E-state index in [1.807, 2.05) is 0 Å². The van der Waals surface area contributed by atoms with Gasteiger partial charge in [0, 0.05) is 31.5 Å². The summed E-state index contributed by atoms with van der Waals surface area (Å²) >= 11 is 0. The van der Waals surface area contributed by atoms with Crippen LogP contribution in [0.25, 0.3) is 0 Å². The van der Waals surface area contributed by atoms with E-state index < -0.39 is 22.0 Å². The molecule has 2 N–H and O–H groups in total. The van der Waals surface area contributed by atoms with Crippen LogP contribution in [0.5, 0.6) is 0 Å². The third-order valence-corrected chi connectivity index (χ3v) is 4.50. The van der Waals surface area contributed by atoms with Gasteiger partial charge >= 0.3 is 5.97 Å². The number of nitrogens with zero attached hydrogens (tertiary/aromatic N) is 3. The van der Waals surface area contributed by atoms with Crippen LogP contribution in [-0.4, -0.2) is 59.4 Å². The Balaban J connectivity index is 2.40. The number of aliphatic carboxylic acids is 1. The fourth-order valence-corrected chi connectivity index (χ4v) is 3.33. The monoisotopic (exact) mass is 286 g/mol. The van der Waals surface area contributed by atoms with Gasteiger partial charge in [0.05, 0.1) is 0 Å². The van der Waals surface area contributed by atoms with Gasteiger partial charge in [0.25, 0.3) is 15.2 Å². The molecule has 8 nitrogen and oxygen atoms in total. The molecule has 0 aliphatic carbocycles. The molecule has 0 amide bonds. The molecule has 2 rings (SSSR count). The van der Waals surface area contributed by atoms with Crippen LogP contribution in [0.3, 0.4) is 0 Å². The lowest BCUT2D eigenvalue weighted by Crippen LogP contribution is -2.57. The Morgan fingerprint density at radius 2 is 2.32 bits per heavy atom. The second-order valence-corrected chi connectivity index (χ2v) is 5.94. The highest BCUT2D eigenvalue weighted by atomic mass is 32.2. The fraction of sp³-hybridized carbons (Fsp3) is 0.500. The lowest BCUT2D eigenvalue weighted by atomic mass is 10.2. The van der Waals surface area contributed by atoms with Crippen LogP contribution in [-0.2, 0) is 14.8 Å². The number of carbonyl (C=O) groups is 1. The third kappa shape index (κ3) is 2.72. The predicted molar refractivity (Wildman–Crippen MR) is 65.0 cm³/mol. The molecule has 1 aromatic rings. The van der Waals surface area contributed by atoms with Gasteiger partial charge in [-0.25, -0.2) is 18.4 Å². The Hall–Kier alpha value is -1.58. The van der Waals surface area contributed by atoms with Crippen LogP contribution in [0.2, 0.25) is 0 Å². The maximum Gasteiger partial charge on any atom is 0.323 e. The van der Waals surface area contributed by atoms with Crippen LogP contribution in [0.15, 0.2) is 17.4 Å². The minimum atomic E-state index is -3.99. The average molecular weight is 286 g/mol. The van der Waals surface area contributed by atoms with E-state index in [0.717, 1.165) is 4.31 Å². The molecular formula is C10H14N4O4S. The van der Waals surface area contributed by atoms with Crippen molar-refractivity contribution in [1.82, 2.24) is 19.6 Å². The SMILES string of the molecule is Cc1ccnc(S(=O)(=O)N2CCNC[C@@H]2C(=O)O)n1. The summed E-state index contributed by atoms with van der Waals surface area (Å²) in [6.07, 6.45) is 1.34. The smallest absolute Gasteiger partial charge is 0.323 e. The van der Waals surface area contributed by atoms with E-state index >= 15 is 0 Å². The van der Waals surface area contributed by atoms with Crippen LogP contribution in [0, 0.1) is 6.92 Å². The molecule has 19 heavy (non-hydrogen) atoms. The number of hydrogen-bond donors (Lipinski definition) is 2. The molecule has 1 aromatic heterocycles. The normalized spacial score (nSPS) is 21.2. The second kappa shape index (κ2) is 5.19. The number of carboxylic acid groups (broad SMARTS) is 1. The highest BCUT2D eigenvalue weighted by Crippen LogP contribution is 2.16. The minimum absolute atomic E-state index is 0.0698. The summed E-state index contributed by atoms with van der Waals surface area (Å²) in [5, 5.41) is 11.6. The topological polar surface area (TPSA) is 112 Å². The molecule has 0 saturated carbocycles. The first-order valence-corrected chi connectivity index (χ1v) is 7.12. The zero-order valence-electron chi connectivity index (χ0n) is 10.3. The number of rotatable bonds is 3. The van der Waals surface area contributed by atoms with Crippen molar-refractivity contribution in [3.8, 4) is 0 Å². The van der Waals surface area contributed by atoms with E-state index in [0.29, 0.717) is 12.2 Å². The van der Waals surface area contributed by atoms with E-state index in [1.165, 1.54) is 6.20 Å². The summed E-state index contributed by atoms with van der Waals surface area (Å²) in [6.45, 7) is 2.19. The van der Waals surface area contributed by atoms with Crippen LogP contribution in [0.4, 0.5) is 0 Å². The summed E-state index contributed by atoms with van der Waals surface area (Å²) in [5.41, 5.74) is 0.510. The van der Waals surface area contributed by atoms with Crippen LogP contribution >= 0.6 is 0 Å². The van der Waals surface area contributed by atoms with Gasteiger partial charge in [0.15, 0.2) is 0 Å². The summed E-state index contributed by atoms with van der Waals surface area (Å²) in [5.74, 6) is -1.19. The molecule has 1 atom stereocenters.